The van der Waals surface area contributed by atoms with E-state index < -0.39 is 0 Å². The van der Waals surface area contributed by atoms with Gasteiger partial charge in [0.1, 0.15) is 0 Å². The maximum absolute atomic E-state index is 15.3. The van der Waals surface area contributed by atoms with Crippen LogP contribution in [0.5, 0.6) is 0 Å². The van der Waals surface area contributed by atoms with Crippen LogP contribution in [0.1, 0.15) is 120 Å². The lowest BCUT2D eigenvalue weighted by Gasteiger charge is -2.29. The van der Waals surface area contributed by atoms with E-state index >= 15 is 4.79 Å². The Bertz CT molecular complexity index is 2790. The van der Waals surface area contributed by atoms with Crippen molar-refractivity contribution < 1.29 is 0 Å². The monoisotopic (exact) mass is 691 g/mol. The first-order chi connectivity index (χ1) is 25.8. The minimum atomic E-state index is -0.204. The normalized spacial score (nSPS) is 18.6. The second-order valence-corrected chi connectivity index (χ2v) is 18.1. The van der Waals surface area contributed by atoms with Gasteiger partial charge in [-0.15, -0.1) is 0 Å². The van der Waals surface area contributed by atoms with Crippen molar-refractivity contribution in [2.45, 2.75) is 108 Å². The van der Waals surface area contributed by atoms with Gasteiger partial charge in [-0.05, 0) is 124 Å². The Balaban J connectivity index is 1.19. The zero-order valence-corrected chi connectivity index (χ0v) is 31.4. The zero-order valence-electron chi connectivity index (χ0n) is 31.4. The van der Waals surface area contributed by atoms with Gasteiger partial charge in [0.2, 0.25) is 0 Å². The molecular formula is C48H46BN3O. The highest BCUT2D eigenvalue weighted by Crippen LogP contribution is 2.62. The maximum atomic E-state index is 15.3. The van der Waals surface area contributed by atoms with Crippen LogP contribution in [-0.4, -0.2) is 20.7 Å². The van der Waals surface area contributed by atoms with Crippen LogP contribution in [0.25, 0.3) is 55.2 Å². The summed E-state index contributed by atoms with van der Waals surface area (Å²) in [6.07, 6.45) is 11.7. The summed E-state index contributed by atoms with van der Waals surface area (Å²) in [5, 5.41) is 3.44. The van der Waals surface area contributed by atoms with Crippen LogP contribution in [0.2, 0.25) is 0 Å². The molecule has 0 saturated heterocycles. The highest BCUT2D eigenvalue weighted by atomic mass is 16.1. The predicted molar refractivity (Wildman–Crippen MR) is 221 cm³/mol. The highest BCUT2D eigenvalue weighted by molar-refractivity contribution is 6.88. The lowest BCUT2D eigenvalue weighted by atomic mass is 9.49. The fourth-order valence-corrected chi connectivity index (χ4v) is 12.7. The molecule has 53 heavy (non-hydrogen) atoms. The summed E-state index contributed by atoms with van der Waals surface area (Å²) in [7, 11) is 0. The van der Waals surface area contributed by atoms with Gasteiger partial charge in [-0.2, -0.15) is 0 Å². The molecular weight excluding hydrogens is 645 g/mol. The van der Waals surface area contributed by atoms with Crippen LogP contribution in [0.15, 0.2) is 89.7 Å². The molecule has 12 rings (SSSR count). The quantitative estimate of drug-likeness (QED) is 0.170. The fraction of sp³-hybridized carbons (Fsp3) is 0.354. The SMILES string of the molecule is CC(C)c1cccc(C(C)C)c1-c1ccc2c(c1)B1c3c(ccc4c5ccccc5n-2c34)-n2c3cc4c(cc3c(=O)n21)C1(CCCC1)CC41CCCC1. The number of para-hydroxylation sites is 1. The Morgan fingerprint density at radius 1 is 0.642 bits per heavy atom. The molecule has 5 aromatic carbocycles. The molecule has 0 amide bonds. The number of fused-ring (bicyclic) bond motifs is 14. The molecule has 4 heterocycles. The summed E-state index contributed by atoms with van der Waals surface area (Å²) in [5.74, 6) is 0.787. The van der Waals surface area contributed by atoms with Crippen molar-refractivity contribution in [1.29, 1.82) is 0 Å². The lowest BCUT2D eigenvalue weighted by Crippen LogP contribution is -2.53. The molecule has 0 radical (unpaired) electrons. The van der Waals surface area contributed by atoms with E-state index in [0.29, 0.717) is 11.8 Å². The van der Waals surface area contributed by atoms with Crippen molar-refractivity contribution in [2.75, 3.05) is 0 Å². The first-order valence-corrected chi connectivity index (χ1v) is 20.5. The minimum Gasteiger partial charge on any atom is -0.310 e. The molecule has 2 saturated carbocycles. The summed E-state index contributed by atoms with van der Waals surface area (Å²) in [4.78, 5) is 15.3. The predicted octanol–water partition coefficient (Wildman–Crippen LogP) is 10.1. The van der Waals surface area contributed by atoms with E-state index in [2.05, 4.69) is 126 Å². The Morgan fingerprint density at radius 3 is 2.00 bits per heavy atom. The smallest absolute Gasteiger partial charge is 0.310 e. The van der Waals surface area contributed by atoms with Crippen molar-refractivity contribution in [2.24, 2.45) is 0 Å². The number of aromatic nitrogens is 3. The molecule has 0 atom stereocenters. The fourth-order valence-electron chi connectivity index (χ4n) is 12.7. The van der Waals surface area contributed by atoms with E-state index in [9.17, 15) is 0 Å². The Morgan fingerprint density at radius 2 is 1.30 bits per heavy atom. The van der Waals surface area contributed by atoms with Gasteiger partial charge in [-0.25, -0.2) is 0 Å². The summed E-state index contributed by atoms with van der Waals surface area (Å²) in [6.45, 7) is 9.04. The van der Waals surface area contributed by atoms with E-state index in [1.165, 1.54) is 124 Å². The summed E-state index contributed by atoms with van der Waals surface area (Å²) in [5.41, 5.74) is 17.6. The van der Waals surface area contributed by atoms with Gasteiger partial charge in [0.15, 0.2) is 0 Å². The zero-order chi connectivity index (χ0) is 35.5. The Hall–Kier alpha value is -4.77. The molecule has 0 unspecified atom stereocenters. The second-order valence-electron chi connectivity index (χ2n) is 18.1. The average Bonchev–Trinajstić information content (AvgIpc) is 4.02. The third-order valence-electron chi connectivity index (χ3n) is 14.8. The number of hydrogen-bond donors (Lipinski definition) is 0. The topological polar surface area (TPSA) is 31.9 Å². The molecule has 2 aliphatic heterocycles. The van der Waals surface area contributed by atoms with Crippen molar-refractivity contribution >= 4 is 50.5 Å². The number of rotatable bonds is 3. The first-order valence-electron chi connectivity index (χ1n) is 20.5. The molecule has 7 aromatic rings. The van der Waals surface area contributed by atoms with E-state index in [0.717, 1.165) is 16.6 Å². The highest BCUT2D eigenvalue weighted by Gasteiger charge is 2.54. The van der Waals surface area contributed by atoms with Crippen LogP contribution in [0.3, 0.4) is 0 Å². The summed E-state index contributed by atoms with van der Waals surface area (Å²) >= 11 is 0. The van der Waals surface area contributed by atoms with Crippen LogP contribution < -0.4 is 16.5 Å². The van der Waals surface area contributed by atoms with Gasteiger partial charge in [-0.1, -0.05) is 108 Å². The maximum Gasteiger partial charge on any atom is 0.357 e. The summed E-state index contributed by atoms with van der Waals surface area (Å²) in [6, 6.07) is 32.4. The van der Waals surface area contributed by atoms with E-state index in [-0.39, 0.29) is 23.2 Å². The van der Waals surface area contributed by atoms with Gasteiger partial charge in [0.25, 0.3) is 5.56 Å². The van der Waals surface area contributed by atoms with E-state index in [1.807, 2.05) is 0 Å². The number of benzene rings is 5. The summed E-state index contributed by atoms with van der Waals surface area (Å²) < 4.78 is 7.02. The van der Waals surface area contributed by atoms with Gasteiger partial charge in [0, 0.05) is 21.9 Å². The molecule has 0 N–H and O–H groups in total. The average molecular weight is 692 g/mol. The second kappa shape index (κ2) is 10.3. The molecule has 4 nitrogen and oxygen atoms in total. The lowest BCUT2D eigenvalue weighted by molar-refractivity contribution is 0.324. The van der Waals surface area contributed by atoms with Crippen molar-refractivity contribution in [1.82, 2.24) is 13.8 Å². The van der Waals surface area contributed by atoms with Gasteiger partial charge in [0.05, 0.1) is 27.6 Å². The van der Waals surface area contributed by atoms with Crippen LogP contribution in [-0.2, 0) is 10.8 Å². The molecule has 5 heteroatoms. The molecule has 2 spiro atoms. The molecule has 262 valence electrons. The van der Waals surface area contributed by atoms with Crippen molar-refractivity contribution in [3.05, 3.63) is 118 Å². The molecule has 3 aliphatic carbocycles. The van der Waals surface area contributed by atoms with E-state index in [4.69, 9.17) is 0 Å². The molecule has 2 aromatic heterocycles. The van der Waals surface area contributed by atoms with Gasteiger partial charge < -0.3 is 4.57 Å². The molecule has 2 fully saturated rings. The first kappa shape index (κ1) is 30.7. The third-order valence-corrected chi connectivity index (χ3v) is 14.8. The van der Waals surface area contributed by atoms with Crippen LogP contribution >= 0.6 is 0 Å². The third kappa shape index (κ3) is 3.67. The van der Waals surface area contributed by atoms with Crippen molar-refractivity contribution in [3.63, 3.8) is 0 Å². The Kier molecular flexibility index (Phi) is 5.93. The van der Waals surface area contributed by atoms with Crippen molar-refractivity contribution in [3.8, 4) is 22.5 Å². The minimum absolute atomic E-state index is 0.157. The van der Waals surface area contributed by atoms with E-state index in [1.54, 1.807) is 5.56 Å². The standard InChI is InChI=1S/C48H46BN3O/c1-28(2)31-13-11-14-32(29(3)4)43(31)30-16-18-40-38(24-30)49-44-41(19-17-34-33-12-5-6-15-39(33)50(40)45(34)44)51-42-26-37-36(25-35(42)46(53)52(49)51)47(20-7-8-21-47)27-48(37)22-9-10-23-48/h5-6,11-19,24-26,28-29H,7-10,20-23,27H2,1-4H3. The largest absolute Gasteiger partial charge is 0.357 e. The van der Waals surface area contributed by atoms with Crippen LogP contribution in [0, 0.1) is 0 Å². The Labute approximate surface area is 311 Å². The number of nitrogens with zero attached hydrogens (tertiary/aromatic N) is 3. The van der Waals surface area contributed by atoms with Gasteiger partial charge in [-0.3, -0.25) is 14.1 Å². The van der Waals surface area contributed by atoms with Gasteiger partial charge >= 0.3 is 6.85 Å². The number of hydrogen-bond acceptors (Lipinski definition) is 1. The van der Waals surface area contributed by atoms with Crippen LogP contribution in [0.4, 0.5) is 0 Å². The molecule has 5 aliphatic rings. The molecule has 0 bridgehead atoms.